The van der Waals surface area contributed by atoms with E-state index in [1.165, 1.54) is 0 Å². The zero-order valence-electron chi connectivity index (χ0n) is 12.5. The molecule has 0 fully saturated rings. The first kappa shape index (κ1) is 15.6. The minimum absolute atomic E-state index is 0.0601. The standard InChI is InChI=1S/C14H20ClN5O/c1-10-5-7-17-19(10)8-4-6-16-14(21)12(3)20-11(2)13(15)9-18-20/h5,7,9,12H,4,6,8H2,1-3H3,(H,16,21). The summed E-state index contributed by atoms with van der Waals surface area (Å²) in [6.07, 6.45) is 4.17. The van der Waals surface area contributed by atoms with Crippen molar-refractivity contribution < 1.29 is 4.79 Å². The normalized spacial score (nSPS) is 12.4. The van der Waals surface area contributed by atoms with Crippen LogP contribution in [-0.2, 0) is 11.3 Å². The summed E-state index contributed by atoms with van der Waals surface area (Å²) in [7, 11) is 0. The molecule has 7 heteroatoms. The maximum absolute atomic E-state index is 12.1. The maximum Gasteiger partial charge on any atom is 0.244 e. The smallest absolute Gasteiger partial charge is 0.244 e. The second-order valence-corrected chi connectivity index (χ2v) is 5.45. The van der Waals surface area contributed by atoms with Crippen LogP contribution in [0.15, 0.2) is 18.5 Å². The maximum atomic E-state index is 12.1. The molecule has 1 unspecified atom stereocenters. The van der Waals surface area contributed by atoms with Gasteiger partial charge in [0.1, 0.15) is 6.04 Å². The Balaban J connectivity index is 1.79. The van der Waals surface area contributed by atoms with E-state index in [2.05, 4.69) is 15.5 Å². The average Bonchev–Trinajstić information content (AvgIpc) is 3.01. The molecule has 2 aromatic rings. The van der Waals surface area contributed by atoms with Crippen molar-refractivity contribution in [3.8, 4) is 0 Å². The quantitative estimate of drug-likeness (QED) is 0.831. The van der Waals surface area contributed by atoms with E-state index < -0.39 is 0 Å². The predicted molar refractivity (Wildman–Crippen MR) is 81.3 cm³/mol. The number of nitrogens with one attached hydrogen (secondary N) is 1. The van der Waals surface area contributed by atoms with Crippen molar-refractivity contribution in [2.24, 2.45) is 0 Å². The highest BCUT2D eigenvalue weighted by molar-refractivity contribution is 6.31. The molecule has 1 N–H and O–H groups in total. The zero-order chi connectivity index (χ0) is 15.4. The van der Waals surface area contributed by atoms with Crippen LogP contribution in [0.1, 0.15) is 30.8 Å². The Morgan fingerprint density at radius 1 is 1.43 bits per heavy atom. The molecule has 0 aliphatic rings. The number of hydrogen-bond donors (Lipinski definition) is 1. The van der Waals surface area contributed by atoms with Crippen LogP contribution >= 0.6 is 11.6 Å². The summed E-state index contributed by atoms with van der Waals surface area (Å²) in [5.41, 5.74) is 1.92. The van der Waals surface area contributed by atoms with Crippen LogP contribution in [0.2, 0.25) is 5.02 Å². The molecule has 1 atom stereocenters. The van der Waals surface area contributed by atoms with Gasteiger partial charge in [0.2, 0.25) is 5.91 Å². The molecule has 0 spiro atoms. The Bertz CT molecular complexity index is 619. The molecule has 2 heterocycles. The number of halogens is 1. The highest BCUT2D eigenvalue weighted by atomic mass is 35.5. The third-order valence-electron chi connectivity index (χ3n) is 3.51. The van der Waals surface area contributed by atoms with Gasteiger partial charge in [-0.15, -0.1) is 0 Å². The van der Waals surface area contributed by atoms with Crippen molar-refractivity contribution >= 4 is 17.5 Å². The van der Waals surface area contributed by atoms with Crippen molar-refractivity contribution in [1.82, 2.24) is 24.9 Å². The minimum atomic E-state index is -0.371. The number of carbonyl (C=O) groups is 1. The van der Waals surface area contributed by atoms with E-state index in [9.17, 15) is 4.79 Å². The molecule has 0 bridgehead atoms. The fraction of sp³-hybridized carbons (Fsp3) is 0.500. The number of carbonyl (C=O) groups excluding carboxylic acids is 1. The Hall–Kier alpha value is -1.82. The summed E-state index contributed by atoms with van der Waals surface area (Å²) in [6.45, 7) is 7.07. The highest BCUT2D eigenvalue weighted by Gasteiger charge is 2.18. The van der Waals surface area contributed by atoms with Crippen molar-refractivity contribution in [3.63, 3.8) is 0 Å². The van der Waals surface area contributed by atoms with Gasteiger partial charge in [0.15, 0.2) is 0 Å². The van der Waals surface area contributed by atoms with E-state index in [0.29, 0.717) is 11.6 Å². The molecule has 0 aliphatic carbocycles. The molecule has 0 aliphatic heterocycles. The summed E-state index contributed by atoms with van der Waals surface area (Å²) in [4.78, 5) is 12.1. The third-order valence-corrected chi connectivity index (χ3v) is 3.88. The van der Waals surface area contributed by atoms with Gasteiger partial charge in [0.05, 0.1) is 16.9 Å². The molecule has 21 heavy (non-hydrogen) atoms. The number of rotatable bonds is 6. The Kier molecular flexibility index (Phi) is 5.01. The van der Waals surface area contributed by atoms with Gasteiger partial charge < -0.3 is 5.32 Å². The van der Waals surface area contributed by atoms with Crippen LogP contribution in [0.25, 0.3) is 0 Å². The molecule has 1 amide bonds. The lowest BCUT2D eigenvalue weighted by molar-refractivity contribution is -0.124. The molecule has 0 radical (unpaired) electrons. The van der Waals surface area contributed by atoms with Gasteiger partial charge in [-0.2, -0.15) is 10.2 Å². The predicted octanol–water partition coefficient (Wildman–Crippen LogP) is 2.12. The lowest BCUT2D eigenvalue weighted by atomic mass is 10.3. The van der Waals surface area contributed by atoms with Crippen LogP contribution < -0.4 is 5.32 Å². The summed E-state index contributed by atoms with van der Waals surface area (Å²) in [5, 5.41) is 11.8. The van der Waals surface area contributed by atoms with E-state index in [1.807, 2.05) is 31.5 Å². The molecular formula is C14H20ClN5O. The van der Waals surface area contributed by atoms with E-state index in [0.717, 1.165) is 24.4 Å². The van der Waals surface area contributed by atoms with Gasteiger partial charge in [0, 0.05) is 25.0 Å². The lowest BCUT2D eigenvalue weighted by Crippen LogP contribution is -2.33. The molecule has 2 aromatic heterocycles. The van der Waals surface area contributed by atoms with Gasteiger partial charge in [-0.1, -0.05) is 11.6 Å². The second-order valence-electron chi connectivity index (χ2n) is 5.04. The summed E-state index contributed by atoms with van der Waals surface area (Å²) in [6, 6.07) is 1.59. The second kappa shape index (κ2) is 6.76. The molecule has 0 saturated carbocycles. The molecule has 6 nitrogen and oxygen atoms in total. The van der Waals surface area contributed by atoms with Gasteiger partial charge in [-0.3, -0.25) is 14.2 Å². The lowest BCUT2D eigenvalue weighted by Gasteiger charge is -2.14. The van der Waals surface area contributed by atoms with Crippen LogP contribution in [-0.4, -0.2) is 32.0 Å². The monoisotopic (exact) mass is 309 g/mol. The van der Waals surface area contributed by atoms with Crippen LogP contribution in [0.5, 0.6) is 0 Å². The first-order valence-corrected chi connectivity index (χ1v) is 7.34. The molecule has 114 valence electrons. The van der Waals surface area contributed by atoms with Gasteiger partial charge in [0.25, 0.3) is 0 Å². The fourth-order valence-corrected chi connectivity index (χ4v) is 2.26. The van der Waals surface area contributed by atoms with Crippen LogP contribution in [0, 0.1) is 13.8 Å². The van der Waals surface area contributed by atoms with Crippen molar-refractivity contribution in [2.75, 3.05) is 6.54 Å². The highest BCUT2D eigenvalue weighted by Crippen LogP contribution is 2.17. The zero-order valence-corrected chi connectivity index (χ0v) is 13.3. The Labute approximate surface area is 129 Å². The van der Waals surface area contributed by atoms with Crippen molar-refractivity contribution in [2.45, 2.75) is 39.8 Å². The molecule has 0 aromatic carbocycles. The number of hydrogen-bond acceptors (Lipinski definition) is 3. The van der Waals surface area contributed by atoms with Crippen LogP contribution in [0.3, 0.4) is 0 Å². The molecule has 0 saturated heterocycles. The molecule has 2 rings (SSSR count). The van der Waals surface area contributed by atoms with Crippen molar-refractivity contribution in [1.29, 1.82) is 0 Å². The average molecular weight is 310 g/mol. The fourth-order valence-electron chi connectivity index (χ4n) is 2.12. The molecular weight excluding hydrogens is 290 g/mol. The number of aromatic nitrogens is 4. The number of nitrogens with zero attached hydrogens (tertiary/aromatic N) is 4. The van der Waals surface area contributed by atoms with Gasteiger partial charge in [-0.05, 0) is 33.3 Å². The Morgan fingerprint density at radius 2 is 2.19 bits per heavy atom. The SMILES string of the molecule is Cc1ccnn1CCCNC(=O)C(C)n1ncc(Cl)c1C. The summed E-state index contributed by atoms with van der Waals surface area (Å²) < 4.78 is 3.56. The largest absolute Gasteiger partial charge is 0.354 e. The third kappa shape index (κ3) is 3.64. The topological polar surface area (TPSA) is 64.7 Å². The van der Waals surface area contributed by atoms with E-state index >= 15 is 0 Å². The number of amides is 1. The van der Waals surface area contributed by atoms with E-state index in [4.69, 9.17) is 11.6 Å². The van der Waals surface area contributed by atoms with E-state index in [1.54, 1.807) is 17.1 Å². The van der Waals surface area contributed by atoms with Gasteiger partial charge >= 0.3 is 0 Å². The first-order chi connectivity index (χ1) is 10.0. The van der Waals surface area contributed by atoms with Gasteiger partial charge in [-0.25, -0.2) is 0 Å². The minimum Gasteiger partial charge on any atom is -0.354 e. The van der Waals surface area contributed by atoms with E-state index in [-0.39, 0.29) is 11.9 Å². The summed E-state index contributed by atoms with van der Waals surface area (Å²) >= 11 is 5.95. The van der Waals surface area contributed by atoms with Crippen molar-refractivity contribution in [3.05, 3.63) is 34.9 Å². The van der Waals surface area contributed by atoms with Crippen LogP contribution in [0.4, 0.5) is 0 Å². The summed E-state index contributed by atoms with van der Waals surface area (Å²) in [5.74, 6) is -0.0601. The first-order valence-electron chi connectivity index (χ1n) is 6.96. The Morgan fingerprint density at radius 3 is 2.76 bits per heavy atom. The number of aryl methyl sites for hydroxylation is 2.